The van der Waals surface area contributed by atoms with Crippen LogP contribution in [-0.4, -0.2) is 26.2 Å². The molecule has 0 aliphatic carbocycles. The number of carbonyl (C=O) groups excluding carboxylic acids is 1. The Hall–Kier alpha value is -3.30. The lowest BCUT2D eigenvalue weighted by atomic mass is 10.2. The van der Waals surface area contributed by atoms with Crippen molar-refractivity contribution in [3.05, 3.63) is 100 Å². The Morgan fingerprint density at radius 3 is 2.41 bits per heavy atom. The van der Waals surface area contributed by atoms with E-state index in [0.717, 1.165) is 0 Å². The van der Waals surface area contributed by atoms with E-state index in [2.05, 4.69) is 15.5 Å². The second-order valence-electron chi connectivity index (χ2n) is 6.59. The predicted molar refractivity (Wildman–Crippen MR) is 116 cm³/mol. The molecule has 1 heterocycles. The molecule has 3 aromatic carbocycles. The molecule has 4 rings (SSSR count). The highest BCUT2D eigenvalue weighted by Crippen LogP contribution is 2.26. The van der Waals surface area contributed by atoms with Gasteiger partial charge in [0.15, 0.2) is 0 Å². The van der Waals surface area contributed by atoms with Crippen LogP contribution in [0.3, 0.4) is 0 Å². The fourth-order valence-electron chi connectivity index (χ4n) is 2.83. The number of esters is 1. The Kier molecular flexibility index (Phi) is 6.77. The van der Waals surface area contributed by atoms with Crippen molar-refractivity contribution in [3.63, 3.8) is 0 Å². The van der Waals surface area contributed by atoms with Gasteiger partial charge >= 0.3 is 5.97 Å². The molecule has 0 spiro atoms. The van der Waals surface area contributed by atoms with E-state index >= 15 is 0 Å². The van der Waals surface area contributed by atoms with Crippen LogP contribution in [0.5, 0.6) is 0 Å². The molecule has 0 bridgehead atoms. The van der Waals surface area contributed by atoms with Crippen LogP contribution in [0.25, 0.3) is 5.69 Å². The monoisotopic (exact) mass is 472 g/mol. The Labute approximate surface area is 191 Å². The zero-order valence-corrected chi connectivity index (χ0v) is 18.0. The van der Waals surface area contributed by atoms with Crippen molar-refractivity contribution >= 4 is 29.3 Å². The van der Waals surface area contributed by atoms with Gasteiger partial charge in [-0.3, -0.25) is 0 Å². The first-order valence-electron chi connectivity index (χ1n) is 9.38. The standard InChI is InChI=1S/C22H15ClF2N4O2S/c23-18-10-9-16(11-17(18)21(30)31-12-14-5-1-3-7-19(14)24)29-22(26-27-28-29)32-13-15-6-2-4-8-20(15)25/h1-11H,12-13H2. The van der Waals surface area contributed by atoms with E-state index in [1.165, 1.54) is 46.8 Å². The predicted octanol–water partition coefficient (Wildman–Crippen LogP) is 5.24. The molecule has 0 unspecified atom stereocenters. The van der Waals surface area contributed by atoms with Crippen LogP contribution < -0.4 is 0 Å². The van der Waals surface area contributed by atoms with Crippen LogP contribution in [0, 0.1) is 11.6 Å². The number of rotatable bonds is 7. The van der Waals surface area contributed by atoms with E-state index in [9.17, 15) is 13.6 Å². The lowest BCUT2D eigenvalue weighted by Crippen LogP contribution is -2.09. The zero-order chi connectivity index (χ0) is 22.5. The van der Waals surface area contributed by atoms with Gasteiger partial charge in [0, 0.05) is 11.3 Å². The van der Waals surface area contributed by atoms with Gasteiger partial charge in [0.25, 0.3) is 0 Å². The third-order valence-electron chi connectivity index (χ3n) is 4.49. The summed E-state index contributed by atoms with van der Waals surface area (Å²) in [4.78, 5) is 12.6. The molecule has 0 fully saturated rings. The summed E-state index contributed by atoms with van der Waals surface area (Å²) < 4.78 is 34.3. The van der Waals surface area contributed by atoms with Gasteiger partial charge in [-0.25, -0.2) is 13.6 Å². The molecule has 6 nitrogen and oxygen atoms in total. The lowest BCUT2D eigenvalue weighted by molar-refractivity contribution is 0.0469. The molecule has 0 aliphatic heterocycles. The number of thioether (sulfide) groups is 1. The molecule has 32 heavy (non-hydrogen) atoms. The van der Waals surface area contributed by atoms with Crippen LogP contribution in [-0.2, 0) is 17.1 Å². The summed E-state index contributed by atoms with van der Waals surface area (Å²) in [6.45, 7) is -0.235. The Bertz CT molecular complexity index is 1270. The lowest BCUT2D eigenvalue weighted by Gasteiger charge is -2.10. The van der Waals surface area contributed by atoms with Gasteiger partial charge in [-0.1, -0.05) is 59.8 Å². The number of carbonyl (C=O) groups is 1. The van der Waals surface area contributed by atoms with Crippen molar-refractivity contribution in [2.45, 2.75) is 17.5 Å². The molecular formula is C22H15ClF2N4O2S. The number of nitrogens with zero attached hydrogens (tertiary/aromatic N) is 4. The van der Waals surface area contributed by atoms with Crippen LogP contribution in [0.4, 0.5) is 8.78 Å². The van der Waals surface area contributed by atoms with E-state index in [0.29, 0.717) is 22.2 Å². The number of tetrazole rings is 1. The second kappa shape index (κ2) is 9.88. The highest BCUT2D eigenvalue weighted by molar-refractivity contribution is 7.98. The summed E-state index contributed by atoms with van der Waals surface area (Å²) in [6.07, 6.45) is 0. The summed E-state index contributed by atoms with van der Waals surface area (Å²) in [7, 11) is 0. The van der Waals surface area contributed by atoms with Gasteiger partial charge in [0.2, 0.25) is 5.16 Å². The highest BCUT2D eigenvalue weighted by atomic mass is 35.5. The van der Waals surface area contributed by atoms with E-state index in [1.807, 2.05) is 0 Å². The van der Waals surface area contributed by atoms with Crippen molar-refractivity contribution in [2.24, 2.45) is 0 Å². The van der Waals surface area contributed by atoms with Crippen LogP contribution >= 0.6 is 23.4 Å². The van der Waals surface area contributed by atoms with Gasteiger partial charge < -0.3 is 4.74 Å². The quantitative estimate of drug-likeness (QED) is 0.270. The summed E-state index contributed by atoms with van der Waals surface area (Å²) in [5, 5.41) is 12.2. The van der Waals surface area contributed by atoms with E-state index in [-0.39, 0.29) is 28.6 Å². The SMILES string of the molecule is O=C(OCc1ccccc1F)c1cc(-n2nnnc2SCc2ccccc2F)ccc1Cl. The Balaban J connectivity index is 1.52. The molecular weight excluding hydrogens is 458 g/mol. The third-order valence-corrected chi connectivity index (χ3v) is 5.78. The first-order chi connectivity index (χ1) is 15.5. The smallest absolute Gasteiger partial charge is 0.340 e. The van der Waals surface area contributed by atoms with E-state index in [1.54, 1.807) is 36.4 Å². The van der Waals surface area contributed by atoms with Crippen molar-refractivity contribution < 1.29 is 18.3 Å². The second-order valence-corrected chi connectivity index (χ2v) is 7.93. The normalized spacial score (nSPS) is 10.8. The zero-order valence-electron chi connectivity index (χ0n) is 16.4. The van der Waals surface area contributed by atoms with Gasteiger partial charge in [-0.2, -0.15) is 4.68 Å². The maximum atomic E-state index is 13.9. The van der Waals surface area contributed by atoms with Gasteiger partial charge in [-0.15, -0.1) is 5.10 Å². The van der Waals surface area contributed by atoms with Crippen molar-refractivity contribution in [2.75, 3.05) is 0 Å². The molecule has 0 aliphatic rings. The maximum Gasteiger partial charge on any atom is 0.340 e. The largest absolute Gasteiger partial charge is 0.457 e. The minimum atomic E-state index is -0.714. The molecule has 0 N–H and O–H groups in total. The van der Waals surface area contributed by atoms with Crippen LogP contribution in [0.1, 0.15) is 21.5 Å². The number of halogens is 3. The number of hydrogen-bond acceptors (Lipinski definition) is 6. The summed E-state index contributed by atoms with van der Waals surface area (Å²) >= 11 is 7.42. The van der Waals surface area contributed by atoms with Gasteiger partial charge in [0.05, 0.1) is 16.3 Å². The van der Waals surface area contributed by atoms with Crippen LogP contribution in [0.15, 0.2) is 71.9 Å². The summed E-state index contributed by atoms with van der Waals surface area (Å²) in [6, 6.07) is 17.1. The fraction of sp³-hybridized carbons (Fsp3) is 0.0909. The minimum Gasteiger partial charge on any atom is -0.457 e. The molecule has 0 saturated carbocycles. The average Bonchev–Trinajstić information content (AvgIpc) is 3.27. The molecule has 0 atom stereocenters. The van der Waals surface area contributed by atoms with Gasteiger partial charge in [0.1, 0.15) is 18.2 Å². The third kappa shape index (κ3) is 4.95. The molecule has 1 aromatic heterocycles. The number of benzene rings is 3. The molecule has 0 amide bonds. The maximum absolute atomic E-state index is 13.9. The Morgan fingerprint density at radius 2 is 1.69 bits per heavy atom. The highest BCUT2D eigenvalue weighted by Gasteiger charge is 2.17. The first kappa shape index (κ1) is 21.9. The number of aromatic nitrogens is 4. The van der Waals surface area contributed by atoms with Crippen molar-refractivity contribution in [1.29, 1.82) is 0 Å². The molecule has 0 saturated heterocycles. The average molecular weight is 473 g/mol. The fourth-order valence-corrected chi connectivity index (χ4v) is 3.90. The van der Waals surface area contributed by atoms with Crippen molar-refractivity contribution in [1.82, 2.24) is 20.2 Å². The summed E-state index contributed by atoms with van der Waals surface area (Å²) in [5.74, 6) is -1.18. The van der Waals surface area contributed by atoms with Crippen molar-refractivity contribution in [3.8, 4) is 5.69 Å². The molecule has 4 aromatic rings. The molecule has 0 radical (unpaired) electrons. The van der Waals surface area contributed by atoms with Crippen LogP contribution in [0.2, 0.25) is 5.02 Å². The minimum absolute atomic E-state index is 0.0843. The number of hydrogen-bond donors (Lipinski definition) is 0. The van der Waals surface area contributed by atoms with E-state index in [4.69, 9.17) is 16.3 Å². The topological polar surface area (TPSA) is 69.9 Å². The molecule has 162 valence electrons. The summed E-state index contributed by atoms with van der Waals surface area (Å²) in [5.41, 5.74) is 1.32. The molecule has 10 heteroatoms. The first-order valence-corrected chi connectivity index (χ1v) is 10.7. The Morgan fingerprint density at radius 1 is 1.00 bits per heavy atom. The van der Waals surface area contributed by atoms with Gasteiger partial charge in [-0.05, 0) is 46.3 Å². The van der Waals surface area contributed by atoms with E-state index < -0.39 is 11.8 Å². The number of ether oxygens (including phenoxy) is 1.